The lowest BCUT2D eigenvalue weighted by Gasteiger charge is -2.22. The molecule has 2 N–H and O–H groups in total. The van der Waals surface area contributed by atoms with Gasteiger partial charge in [0.1, 0.15) is 0 Å². The molecule has 0 amide bonds. The van der Waals surface area contributed by atoms with Gasteiger partial charge in [0.2, 0.25) is 0 Å². The SMILES string of the molecule is CCC(N)C(c1cnn(C)c1)n1cc(OC)cn1. The predicted octanol–water partition coefficient (Wildman–Crippen LogP) is 0.952. The minimum Gasteiger partial charge on any atom is -0.493 e. The van der Waals surface area contributed by atoms with E-state index in [1.54, 1.807) is 18.0 Å². The van der Waals surface area contributed by atoms with Gasteiger partial charge in [-0.1, -0.05) is 6.92 Å². The maximum absolute atomic E-state index is 6.20. The summed E-state index contributed by atoms with van der Waals surface area (Å²) in [5.74, 6) is 0.729. The Labute approximate surface area is 106 Å². The zero-order valence-electron chi connectivity index (χ0n) is 10.9. The van der Waals surface area contributed by atoms with Crippen LogP contribution in [0.2, 0.25) is 0 Å². The van der Waals surface area contributed by atoms with Gasteiger partial charge in [-0.2, -0.15) is 10.2 Å². The van der Waals surface area contributed by atoms with E-state index >= 15 is 0 Å². The zero-order valence-corrected chi connectivity index (χ0v) is 10.9. The Kier molecular flexibility index (Phi) is 3.66. The van der Waals surface area contributed by atoms with E-state index in [4.69, 9.17) is 10.5 Å². The molecule has 0 aromatic carbocycles. The molecule has 2 heterocycles. The topological polar surface area (TPSA) is 70.9 Å². The minimum absolute atomic E-state index is 0.0150. The Morgan fingerprint density at radius 2 is 2.11 bits per heavy atom. The van der Waals surface area contributed by atoms with Crippen LogP contribution in [0.25, 0.3) is 0 Å². The fourth-order valence-corrected chi connectivity index (χ4v) is 1.99. The molecule has 6 nitrogen and oxygen atoms in total. The summed E-state index contributed by atoms with van der Waals surface area (Å²) in [6.45, 7) is 2.06. The Morgan fingerprint density at radius 1 is 1.33 bits per heavy atom. The Balaban J connectivity index is 2.36. The second-order valence-electron chi connectivity index (χ2n) is 4.32. The van der Waals surface area contributed by atoms with E-state index in [0.29, 0.717) is 0 Å². The van der Waals surface area contributed by atoms with Crippen LogP contribution in [0, 0.1) is 0 Å². The molecule has 0 saturated heterocycles. The van der Waals surface area contributed by atoms with Crippen molar-refractivity contribution in [1.29, 1.82) is 0 Å². The molecule has 0 spiro atoms. The summed E-state index contributed by atoms with van der Waals surface area (Å²) in [6.07, 6.45) is 8.20. The van der Waals surface area contributed by atoms with Crippen LogP contribution in [0.4, 0.5) is 0 Å². The van der Waals surface area contributed by atoms with Crippen molar-refractivity contribution in [3.05, 3.63) is 30.4 Å². The number of rotatable bonds is 5. The predicted molar refractivity (Wildman–Crippen MR) is 68.4 cm³/mol. The molecule has 0 bridgehead atoms. The maximum Gasteiger partial charge on any atom is 0.156 e. The second kappa shape index (κ2) is 5.22. The highest BCUT2D eigenvalue weighted by Gasteiger charge is 2.23. The third-order valence-corrected chi connectivity index (χ3v) is 3.04. The number of ether oxygens (including phenoxy) is 1. The van der Waals surface area contributed by atoms with E-state index < -0.39 is 0 Å². The van der Waals surface area contributed by atoms with Crippen LogP contribution in [0.5, 0.6) is 5.75 Å². The molecule has 0 radical (unpaired) electrons. The van der Waals surface area contributed by atoms with E-state index in [1.165, 1.54) is 0 Å². The molecule has 2 aromatic heterocycles. The first-order valence-electron chi connectivity index (χ1n) is 5.98. The van der Waals surface area contributed by atoms with Crippen LogP contribution in [-0.2, 0) is 7.05 Å². The van der Waals surface area contributed by atoms with Crippen LogP contribution in [0.1, 0.15) is 24.9 Å². The molecule has 2 unspecified atom stereocenters. The lowest BCUT2D eigenvalue weighted by Crippen LogP contribution is -2.32. The van der Waals surface area contributed by atoms with Crippen molar-refractivity contribution in [2.75, 3.05) is 7.11 Å². The normalized spacial score (nSPS) is 14.4. The third kappa shape index (κ3) is 2.38. The van der Waals surface area contributed by atoms with Crippen LogP contribution < -0.4 is 10.5 Å². The molecular weight excluding hydrogens is 230 g/mol. The standard InChI is InChI=1S/C12H19N5O/c1-4-11(13)12(9-5-14-16(2)7-9)17-8-10(18-3)6-15-17/h5-8,11-12H,4,13H2,1-3H3. The van der Waals surface area contributed by atoms with Crippen molar-refractivity contribution >= 4 is 0 Å². The van der Waals surface area contributed by atoms with Gasteiger partial charge in [0.05, 0.1) is 31.7 Å². The van der Waals surface area contributed by atoms with Gasteiger partial charge in [0.25, 0.3) is 0 Å². The Morgan fingerprint density at radius 3 is 2.61 bits per heavy atom. The van der Waals surface area contributed by atoms with Crippen LogP contribution >= 0.6 is 0 Å². The largest absolute Gasteiger partial charge is 0.493 e. The third-order valence-electron chi connectivity index (χ3n) is 3.04. The van der Waals surface area contributed by atoms with Gasteiger partial charge in [-0.3, -0.25) is 9.36 Å². The average molecular weight is 249 g/mol. The van der Waals surface area contributed by atoms with E-state index in [9.17, 15) is 0 Å². The summed E-state index contributed by atoms with van der Waals surface area (Å²) >= 11 is 0. The van der Waals surface area contributed by atoms with Crippen molar-refractivity contribution in [3.63, 3.8) is 0 Å². The van der Waals surface area contributed by atoms with Crippen LogP contribution in [0.15, 0.2) is 24.8 Å². The molecule has 2 aromatic rings. The Hall–Kier alpha value is -1.82. The molecular formula is C12H19N5O. The summed E-state index contributed by atoms with van der Waals surface area (Å²) < 4.78 is 8.76. The lowest BCUT2D eigenvalue weighted by atomic mass is 10.0. The van der Waals surface area contributed by atoms with Gasteiger partial charge in [0, 0.05) is 24.8 Å². The van der Waals surface area contributed by atoms with Gasteiger partial charge in [-0.05, 0) is 6.42 Å². The minimum atomic E-state index is -0.0207. The van der Waals surface area contributed by atoms with E-state index in [-0.39, 0.29) is 12.1 Å². The summed E-state index contributed by atoms with van der Waals surface area (Å²) in [6, 6.07) is -0.0357. The summed E-state index contributed by atoms with van der Waals surface area (Å²) in [5, 5.41) is 8.51. The number of methoxy groups -OCH3 is 1. The summed E-state index contributed by atoms with van der Waals surface area (Å²) in [4.78, 5) is 0. The first kappa shape index (κ1) is 12.6. The van der Waals surface area contributed by atoms with Crippen LogP contribution in [-0.4, -0.2) is 32.7 Å². The molecule has 0 aliphatic carbocycles. The van der Waals surface area contributed by atoms with E-state index in [2.05, 4.69) is 17.1 Å². The van der Waals surface area contributed by atoms with Crippen LogP contribution in [0.3, 0.4) is 0 Å². The van der Waals surface area contributed by atoms with E-state index in [0.717, 1.165) is 17.7 Å². The quantitative estimate of drug-likeness (QED) is 0.856. The van der Waals surface area contributed by atoms with Gasteiger partial charge in [-0.15, -0.1) is 0 Å². The Bertz CT molecular complexity index is 504. The van der Waals surface area contributed by atoms with Gasteiger partial charge in [0.15, 0.2) is 5.75 Å². The number of nitrogens with two attached hydrogens (primary N) is 1. The van der Waals surface area contributed by atoms with Gasteiger partial charge < -0.3 is 10.5 Å². The fourth-order valence-electron chi connectivity index (χ4n) is 1.99. The molecule has 6 heteroatoms. The lowest BCUT2D eigenvalue weighted by molar-refractivity contribution is 0.404. The summed E-state index contributed by atoms with van der Waals surface area (Å²) in [5.41, 5.74) is 7.26. The van der Waals surface area contributed by atoms with Crippen molar-refractivity contribution in [3.8, 4) is 5.75 Å². The number of hydrogen-bond donors (Lipinski definition) is 1. The maximum atomic E-state index is 6.20. The highest BCUT2D eigenvalue weighted by Crippen LogP contribution is 2.23. The second-order valence-corrected chi connectivity index (χ2v) is 4.32. The first-order chi connectivity index (χ1) is 8.65. The smallest absolute Gasteiger partial charge is 0.156 e. The molecule has 98 valence electrons. The van der Waals surface area contributed by atoms with Crippen molar-refractivity contribution in [2.24, 2.45) is 12.8 Å². The number of aryl methyl sites for hydroxylation is 1. The highest BCUT2D eigenvalue weighted by molar-refractivity contribution is 5.18. The average Bonchev–Trinajstić information content (AvgIpc) is 2.99. The van der Waals surface area contributed by atoms with E-state index in [1.807, 2.05) is 30.3 Å². The number of aromatic nitrogens is 4. The fraction of sp³-hybridized carbons (Fsp3) is 0.500. The molecule has 0 aliphatic heterocycles. The van der Waals surface area contributed by atoms with Gasteiger partial charge >= 0.3 is 0 Å². The summed E-state index contributed by atoms with van der Waals surface area (Å²) in [7, 11) is 3.52. The molecule has 0 saturated carbocycles. The molecule has 0 fully saturated rings. The van der Waals surface area contributed by atoms with Gasteiger partial charge in [-0.25, -0.2) is 0 Å². The molecule has 2 rings (SSSR count). The molecule has 0 aliphatic rings. The zero-order chi connectivity index (χ0) is 13.1. The first-order valence-corrected chi connectivity index (χ1v) is 5.98. The monoisotopic (exact) mass is 249 g/mol. The number of nitrogens with zero attached hydrogens (tertiary/aromatic N) is 4. The molecule has 2 atom stereocenters. The number of hydrogen-bond acceptors (Lipinski definition) is 4. The molecule has 18 heavy (non-hydrogen) atoms. The van der Waals surface area contributed by atoms with Crippen molar-refractivity contribution in [2.45, 2.75) is 25.4 Å². The highest BCUT2D eigenvalue weighted by atomic mass is 16.5. The van der Waals surface area contributed by atoms with Crippen molar-refractivity contribution < 1.29 is 4.74 Å². The van der Waals surface area contributed by atoms with Crippen molar-refractivity contribution in [1.82, 2.24) is 19.6 Å².